The van der Waals surface area contributed by atoms with Crippen LogP contribution in [0.3, 0.4) is 0 Å². The molecule has 8 nitrogen and oxygen atoms in total. The maximum absolute atomic E-state index is 12.5. The molecule has 2 rings (SSSR count). The molecule has 1 aliphatic carbocycles. The SMILES string of the molecule is CN(C)S(=O)(=O)c1ccc(O)c(NC(=O)[C@@H]2CC=CC[C@@H]2C(=O)O)c1. The molecule has 136 valence electrons. The summed E-state index contributed by atoms with van der Waals surface area (Å²) in [6, 6.07) is 3.54. The topological polar surface area (TPSA) is 124 Å². The number of nitrogens with one attached hydrogen (secondary N) is 1. The first-order valence-corrected chi connectivity index (χ1v) is 9.03. The Bertz CT molecular complexity index is 816. The number of anilines is 1. The Labute approximate surface area is 145 Å². The summed E-state index contributed by atoms with van der Waals surface area (Å²) in [5.74, 6) is -3.61. The minimum absolute atomic E-state index is 0.0772. The van der Waals surface area contributed by atoms with Crippen LogP contribution in [0, 0.1) is 11.8 Å². The van der Waals surface area contributed by atoms with Crippen molar-refractivity contribution in [3.8, 4) is 5.75 Å². The zero-order valence-corrected chi connectivity index (χ0v) is 14.7. The number of allylic oxidation sites excluding steroid dienone is 2. The van der Waals surface area contributed by atoms with E-state index in [1.807, 2.05) is 0 Å². The molecule has 0 saturated carbocycles. The van der Waals surface area contributed by atoms with E-state index >= 15 is 0 Å². The summed E-state index contributed by atoms with van der Waals surface area (Å²) in [5, 5.41) is 21.6. The highest BCUT2D eigenvalue weighted by molar-refractivity contribution is 7.89. The Morgan fingerprint density at radius 3 is 2.32 bits per heavy atom. The van der Waals surface area contributed by atoms with Crippen LogP contribution in [-0.2, 0) is 19.6 Å². The number of carboxylic acid groups (broad SMARTS) is 1. The standard InChI is InChI=1S/C16H20N2O6S/c1-18(2)25(23,24)10-7-8-14(19)13(9-10)17-15(20)11-5-3-4-6-12(11)16(21)22/h3-4,7-9,11-12,19H,5-6H2,1-2H3,(H,17,20)(H,21,22)/t11-,12+/m1/s1. The van der Waals surface area contributed by atoms with E-state index in [0.29, 0.717) is 0 Å². The van der Waals surface area contributed by atoms with Crippen molar-refractivity contribution in [2.45, 2.75) is 17.7 Å². The molecular formula is C16H20N2O6S. The van der Waals surface area contributed by atoms with Crippen LogP contribution in [-0.4, -0.2) is 48.9 Å². The zero-order valence-electron chi connectivity index (χ0n) is 13.8. The number of sulfonamides is 1. The fourth-order valence-electron chi connectivity index (χ4n) is 2.59. The van der Waals surface area contributed by atoms with E-state index in [0.717, 1.165) is 10.4 Å². The molecule has 0 radical (unpaired) electrons. The number of amides is 1. The highest BCUT2D eigenvalue weighted by Gasteiger charge is 2.34. The molecule has 0 aromatic heterocycles. The molecule has 2 atom stereocenters. The molecule has 1 aliphatic rings. The lowest BCUT2D eigenvalue weighted by Crippen LogP contribution is -2.34. The Kier molecular flexibility index (Phi) is 5.48. The van der Waals surface area contributed by atoms with E-state index in [-0.39, 0.29) is 29.2 Å². The number of carbonyl (C=O) groups is 2. The summed E-state index contributed by atoms with van der Waals surface area (Å²) in [7, 11) is -1.00. The first kappa shape index (κ1) is 18.9. The zero-order chi connectivity index (χ0) is 18.8. The predicted octanol–water partition coefficient (Wildman–Crippen LogP) is 1.25. The van der Waals surface area contributed by atoms with Crippen molar-refractivity contribution in [2.24, 2.45) is 11.8 Å². The normalized spacial score (nSPS) is 20.4. The number of benzene rings is 1. The van der Waals surface area contributed by atoms with Gasteiger partial charge in [0.1, 0.15) is 5.75 Å². The van der Waals surface area contributed by atoms with Gasteiger partial charge in [-0.15, -0.1) is 0 Å². The summed E-state index contributed by atoms with van der Waals surface area (Å²) in [4.78, 5) is 23.7. The van der Waals surface area contributed by atoms with Crippen molar-refractivity contribution in [2.75, 3.05) is 19.4 Å². The molecule has 1 aromatic rings. The molecule has 1 aromatic carbocycles. The van der Waals surface area contributed by atoms with Gasteiger partial charge < -0.3 is 15.5 Å². The second-order valence-electron chi connectivity index (χ2n) is 5.95. The van der Waals surface area contributed by atoms with Gasteiger partial charge in [-0.1, -0.05) is 12.2 Å². The smallest absolute Gasteiger partial charge is 0.307 e. The molecule has 1 amide bonds. The van der Waals surface area contributed by atoms with Crippen LogP contribution in [0.2, 0.25) is 0 Å². The fraction of sp³-hybridized carbons (Fsp3) is 0.375. The summed E-state index contributed by atoms with van der Waals surface area (Å²) in [6.45, 7) is 0. The fourth-order valence-corrected chi connectivity index (χ4v) is 3.52. The van der Waals surface area contributed by atoms with Gasteiger partial charge in [-0.3, -0.25) is 9.59 Å². The van der Waals surface area contributed by atoms with Gasteiger partial charge in [0.05, 0.1) is 22.4 Å². The van der Waals surface area contributed by atoms with E-state index in [1.54, 1.807) is 12.2 Å². The molecule has 0 heterocycles. The number of hydrogen-bond donors (Lipinski definition) is 3. The van der Waals surface area contributed by atoms with E-state index in [2.05, 4.69) is 5.32 Å². The highest BCUT2D eigenvalue weighted by Crippen LogP contribution is 2.31. The van der Waals surface area contributed by atoms with Gasteiger partial charge in [-0.25, -0.2) is 12.7 Å². The van der Waals surface area contributed by atoms with E-state index in [9.17, 15) is 28.2 Å². The van der Waals surface area contributed by atoms with Crippen molar-refractivity contribution in [1.82, 2.24) is 4.31 Å². The van der Waals surface area contributed by atoms with Crippen LogP contribution in [0.1, 0.15) is 12.8 Å². The van der Waals surface area contributed by atoms with Crippen molar-refractivity contribution in [1.29, 1.82) is 0 Å². The molecule has 9 heteroatoms. The first-order valence-electron chi connectivity index (χ1n) is 7.58. The maximum atomic E-state index is 12.5. The van der Waals surface area contributed by atoms with Gasteiger partial charge in [-0.2, -0.15) is 0 Å². The average Bonchev–Trinajstić information content (AvgIpc) is 2.56. The Hall–Kier alpha value is -2.39. The largest absolute Gasteiger partial charge is 0.506 e. The van der Waals surface area contributed by atoms with Gasteiger partial charge in [-0.05, 0) is 31.0 Å². The van der Waals surface area contributed by atoms with E-state index in [4.69, 9.17) is 0 Å². The number of nitrogens with zero attached hydrogens (tertiary/aromatic N) is 1. The number of hydrogen-bond acceptors (Lipinski definition) is 5. The lowest BCUT2D eigenvalue weighted by molar-refractivity contribution is -0.146. The Morgan fingerprint density at radius 1 is 1.16 bits per heavy atom. The van der Waals surface area contributed by atoms with Gasteiger partial charge in [0.15, 0.2) is 0 Å². The minimum atomic E-state index is -3.74. The number of phenols is 1. The minimum Gasteiger partial charge on any atom is -0.506 e. The Balaban J connectivity index is 2.29. The van der Waals surface area contributed by atoms with Crippen LogP contribution < -0.4 is 5.32 Å². The third-order valence-electron chi connectivity index (χ3n) is 4.09. The third-order valence-corrected chi connectivity index (χ3v) is 5.90. The summed E-state index contributed by atoms with van der Waals surface area (Å²) in [5.41, 5.74) is -0.0772. The summed E-state index contributed by atoms with van der Waals surface area (Å²) in [6.07, 6.45) is 3.95. The first-order chi connectivity index (χ1) is 11.6. The number of aromatic hydroxyl groups is 1. The lowest BCUT2D eigenvalue weighted by atomic mass is 9.82. The van der Waals surface area contributed by atoms with E-state index in [1.165, 1.54) is 26.2 Å². The third kappa shape index (κ3) is 3.99. The van der Waals surface area contributed by atoms with Crippen molar-refractivity contribution in [3.63, 3.8) is 0 Å². The Morgan fingerprint density at radius 2 is 1.76 bits per heavy atom. The molecular weight excluding hydrogens is 348 g/mol. The number of carbonyl (C=O) groups excluding carboxylic acids is 1. The average molecular weight is 368 g/mol. The molecule has 0 unspecified atom stereocenters. The van der Waals surface area contributed by atoms with Crippen molar-refractivity contribution >= 4 is 27.6 Å². The second kappa shape index (κ2) is 7.24. The van der Waals surface area contributed by atoms with Gasteiger partial charge in [0, 0.05) is 14.1 Å². The molecule has 0 saturated heterocycles. The van der Waals surface area contributed by atoms with Gasteiger partial charge >= 0.3 is 5.97 Å². The van der Waals surface area contributed by atoms with Crippen LogP contribution in [0.15, 0.2) is 35.2 Å². The van der Waals surface area contributed by atoms with Crippen LogP contribution in [0.4, 0.5) is 5.69 Å². The highest BCUT2D eigenvalue weighted by atomic mass is 32.2. The molecule has 0 spiro atoms. The van der Waals surface area contributed by atoms with Crippen LogP contribution >= 0.6 is 0 Å². The molecule has 0 fully saturated rings. The monoisotopic (exact) mass is 368 g/mol. The molecule has 3 N–H and O–H groups in total. The number of carboxylic acids is 1. The number of phenolic OH excluding ortho intramolecular Hbond substituents is 1. The van der Waals surface area contributed by atoms with Gasteiger partial charge in [0.2, 0.25) is 15.9 Å². The number of aliphatic carboxylic acids is 1. The predicted molar refractivity (Wildman–Crippen MR) is 90.6 cm³/mol. The quantitative estimate of drug-likeness (QED) is 0.531. The molecule has 25 heavy (non-hydrogen) atoms. The van der Waals surface area contributed by atoms with E-state index < -0.39 is 33.7 Å². The van der Waals surface area contributed by atoms with Gasteiger partial charge in [0.25, 0.3) is 0 Å². The molecule has 0 aliphatic heterocycles. The van der Waals surface area contributed by atoms with Crippen LogP contribution in [0.25, 0.3) is 0 Å². The summed E-state index contributed by atoms with van der Waals surface area (Å²) < 4.78 is 25.3. The molecule has 0 bridgehead atoms. The van der Waals surface area contributed by atoms with Crippen LogP contribution in [0.5, 0.6) is 5.75 Å². The number of rotatable bonds is 5. The maximum Gasteiger partial charge on any atom is 0.307 e. The summed E-state index contributed by atoms with van der Waals surface area (Å²) >= 11 is 0. The second-order valence-corrected chi connectivity index (χ2v) is 8.10. The van der Waals surface area contributed by atoms with Crippen molar-refractivity contribution in [3.05, 3.63) is 30.4 Å². The van der Waals surface area contributed by atoms with Crippen molar-refractivity contribution < 1.29 is 28.2 Å². The lowest BCUT2D eigenvalue weighted by Gasteiger charge is -2.24.